The number of nitrogens with two attached hydrogens (primary N) is 1. The number of nitrogens with one attached hydrogen (secondary N) is 2. The highest BCUT2D eigenvalue weighted by molar-refractivity contribution is 6.30. The van der Waals surface area contributed by atoms with Gasteiger partial charge in [-0.1, -0.05) is 17.7 Å². The molecule has 98 valence electrons. The molecule has 0 heterocycles. The molecule has 18 heavy (non-hydrogen) atoms. The Bertz CT molecular complexity index is 460. The van der Waals surface area contributed by atoms with E-state index in [-0.39, 0.29) is 6.54 Å². The lowest BCUT2D eigenvalue weighted by Gasteiger charge is -2.20. The molecule has 0 atom stereocenters. The van der Waals surface area contributed by atoms with E-state index in [1.54, 1.807) is 38.1 Å². The number of benzene rings is 1. The molecular weight excluding hydrogens is 254 g/mol. The van der Waals surface area contributed by atoms with Crippen molar-refractivity contribution < 1.29 is 9.59 Å². The number of rotatable bonds is 4. The summed E-state index contributed by atoms with van der Waals surface area (Å²) in [6.45, 7) is 3.48. The van der Waals surface area contributed by atoms with E-state index in [1.165, 1.54) is 0 Å². The number of primary amides is 1. The monoisotopic (exact) mass is 269 g/mol. The van der Waals surface area contributed by atoms with Crippen LogP contribution < -0.4 is 16.4 Å². The number of carbonyl (C=O) groups is 2. The smallest absolute Gasteiger partial charge is 0.319 e. The molecule has 0 fully saturated rings. The molecule has 1 rings (SSSR count). The molecule has 6 heteroatoms. The van der Waals surface area contributed by atoms with Gasteiger partial charge in [0, 0.05) is 17.3 Å². The van der Waals surface area contributed by atoms with Crippen LogP contribution in [-0.2, 0) is 4.79 Å². The molecule has 1 aromatic rings. The van der Waals surface area contributed by atoms with E-state index < -0.39 is 17.4 Å². The second-order valence-corrected chi connectivity index (χ2v) is 5.00. The van der Waals surface area contributed by atoms with Gasteiger partial charge in [-0.15, -0.1) is 0 Å². The van der Waals surface area contributed by atoms with Crippen molar-refractivity contribution in [1.29, 1.82) is 0 Å². The molecule has 0 aliphatic carbocycles. The minimum atomic E-state index is -0.786. The van der Waals surface area contributed by atoms with Crippen molar-refractivity contribution in [3.8, 4) is 0 Å². The van der Waals surface area contributed by atoms with Gasteiger partial charge in [0.2, 0.25) is 5.91 Å². The van der Waals surface area contributed by atoms with E-state index in [0.717, 1.165) is 0 Å². The Morgan fingerprint density at radius 1 is 1.39 bits per heavy atom. The van der Waals surface area contributed by atoms with Crippen molar-refractivity contribution in [3.63, 3.8) is 0 Å². The van der Waals surface area contributed by atoms with Gasteiger partial charge in [0.1, 0.15) is 0 Å². The number of carbonyl (C=O) groups excluding carboxylic acids is 2. The Balaban J connectivity index is 2.50. The average Bonchev–Trinajstić information content (AvgIpc) is 2.26. The molecule has 0 aliphatic rings. The lowest BCUT2D eigenvalue weighted by atomic mass is 9.93. The lowest BCUT2D eigenvalue weighted by molar-refractivity contribution is -0.125. The normalized spacial score (nSPS) is 10.8. The number of hydrogen-bond donors (Lipinski definition) is 3. The summed E-state index contributed by atoms with van der Waals surface area (Å²) in [5.74, 6) is -0.467. The molecule has 0 saturated carbocycles. The quantitative estimate of drug-likeness (QED) is 0.781. The number of hydrogen-bond acceptors (Lipinski definition) is 2. The fourth-order valence-electron chi connectivity index (χ4n) is 1.13. The Labute approximate surface area is 111 Å². The number of amides is 3. The molecule has 0 bridgehead atoms. The summed E-state index contributed by atoms with van der Waals surface area (Å²) < 4.78 is 0. The maximum absolute atomic E-state index is 11.6. The molecule has 3 amide bonds. The maximum atomic E-state index is 11.6. The van der Waals surface area contributed by atoms with Crippen molar-refractivity contribution in [1.82, 2.24) is 5.32 Å². The van der Waals surface area contributed by atoms with Crippen LogP contribution in [0.15, 0.2) is 24.3 Å². The van der Waals surface area contributed by atoms with E-state index in [9.17, 15) is 9.59 Å². The van der Waals surface area contributed by atoms with Crippen LogP contribution in [0.2, 0.25) is 5.02 Å². The van der Waals surface area contributed by atoms with Crippen LogP contribution in [0.3, 0.4) is 0 Å². The van der Waals surface area contributed by atoms with Crippen molar-refractivity contribution in [2.75, 3.05) is 11.9 Å². The van der Waals surface area contributed by atoms with Gasteiger partial charge in [0.15, 0.2) is 0 Å². The Morgan fingerprint density at radius 3 is 2.61 bits per heavy atom. The first-order chi connectivity index (χ1) is 8.31. The van der Waals surface area contributed by atoms with Crippen LogP contribution >= 0.6 is 11.6 Å². The van der Waals surface area contributed by atoms with E-state index >= 15 is 0 Å². The molecule has 0 spiro atoms. The van der Waals surface area contributed by atoms with Crippen LogP contribution in [0.4, 0.5) is 10.5 Å². The number of anilines is 1. The topological polar surface area (TPSA) is 84.2 Å². The number of halogens is 1. The largest absolute Gasteiger partial charge is 0.369 e. The molecule has 0 radical (unpaired) electrons. The van der Waals surface area contributed by atoms with Crippen LogP contribution in [0.1, 0.15) is 13.8 Å². The van der Waals surface area contributed by atoms with Gasteiger partial charge in [0.05, 0.1) is 5.41 Å². The fourth-order valence-corrected chi connectivity index (χ4v) is 1.32. The first-order valence-corrected chi connectivity index (χ1v) is 5.79. The van der Waals surface area contributed by atoms with Gasteiger partial charge in [-0.05, 0) is 32.0 Å². The van der Waals surface area contributed by atoms with Crippen LogP contribution in [-0.4, -0.2) is 18.5 Å². The van der Waals surface area contributed by atoms with Gasteiger partial charge < -0.3 is 16.4 Å². The zero-order chi connectivity index (χ0) is 13.8. The van der Waals surface area contributed by atoms with Crippen molar-refractivity contribution in [2.45, 2.75) is 13.8 Å². The summed E-state index contributed by atoms with van der Waals surface area (Å²) in [5.41, 5.74) is 5.00. The van der Waals surface area contributed by atoms with Crippen LogP contribution in [0.5, 0.6) is 0 Å². The third kappa shape index (κ3) is 4.25. The fraction of sp³-hybridized carbons (Fsp3) is 0.333. The zero-order valence-corrected chi connectivity index (χ0v) is 11.0. The van der Waals surface area contributed by atoms with Crippen molar-refractivity contribution >= 4 is 29.2 Å². The summed E-state index contributed by atoms with van der Waals surface area (Å²) in [4.78, 5) is 22.6. The summed E-state index contributed by atoms with van der Waals surface area (Å²) in [7, 11) is 0. The van der Waals surface area contributed by atoms with E-state index in [1.807, 2.05) is 0 Å². The Morgan fingerprint density at radius 2 is 2.06 bits per heavy atom. The van der Waals surface area contributed by atoms with Crippen molar-refractivity contribution in [2.24, 2.45) is 11.1 Å². The van der Waals surface area contributed by atoms with E-state index in [4.69, 9.17) is 17.3 Å². The van der Waals surface area contributed by atoms with E-state index in [0.29, 0.717) is 10.7 Å². The zero-order valence-electron chi connectivity index (χ0n) is 10.3. The first kappa shape index (κ1) is 14.3. The highest BCUT2D eigenvalue weighted by Gasteiger charge is 2.25. The maximum Gasteiger partial charge on any atom is 0.319 e. The van der Waals surface area contributed by atoms with E-state index in [2.05, 4.69) is 10.6 Å². The van der Waals surface area contributed by atoms with Crippen LogP contribution in [0, 0.1) is 5.41 Å². The predicted molar refractivity (Wildman–Crippen MR) is 71.4 cm³/mol. The van der Waals surface area contributed by atoms with Gasteiger partial charge in [0.25, 0.3) is 0 Å². The summed E-state index contributed by atoms with van der Waals surface area (Å²) in [5, 5.41) is 5.72. The minimum absolute atomic E-state index is 0.161. The van der Waals surface area contributed by atoms with Crippen molar-refractivity contribution in [3.05, 3.63) is 29.3 Å². The molecule has 0 saturated heterocycles. The van der Waals surface area contributed by atoms with Crippen LogP contribution in [0.25, 0.3) is 0 Å². The molecule has 0 aromatic heterocycles. The SMILES string of the molecule is CC(C)(CNC(=O)Nc1cccc(Cl)c1)C(N)=O. The molecular formula is C12H16ClN3O2. The Kier molecular flexibility index (Phi) is 4.55. The second kappa shape index (κ2) is 5.73. The summed E-state index contributed by atoms with van der Waals surface area (Å²) in [6, 6.07) is 6.36. The highest BCUT2D eigenvalue weighted by atomic mass is 35.5. The van der Waals surface area contributed by atoms with Gasteiger partial charge in [-0.3, -0.25) is 4.79 Å². The third-order valence-corrected chi connectivity index (χ3v) is 2.68. The molecule has 0 aliphatic heterocycles. The molecule has 0 unspecified atom stereocenters. The molecule has 1 aromatic carbocycles. The molecule has 4 N–H and O–H groups in total. The second-order valence-electron chi connectivity index (χ2n) is 4.57. The third-order valence-electron chi connectivity index (χ3n) is 2.44. The Hall–Kier alpha value is -1.75. The molecule has 5 nitrogen and oxygen atoms in total. The predicted octanol–water partition coefficient (Wildman–Crippen LogP) is 1.97. The first-order valence-electron chi connectivity index (χ1n) is 5.41. The standard InChI is InChI=1S/C12H16ClN3O2/c1-12(2,10(14)17)7-15-11(18)16-9-5-3-4-8(13)6-9/h3-6H,7H2,1-2H3,(H2,14,17)(H2,15,16,18). The summed E-state index contributed by atoms with van der Waals surface area (Å²) >= 11 is 5.79. The number of urea groups is 1. The van der Waals surface area contributed by atoms with Gasteiger partial charge in [-0.25, -0.2) is 4.79 Å². The average molecular weight is 270 g/mol. The highest BCUT2D eigenvalue weighted by Crippen LogP contribution is 2.15. The lowest BCUT2D eigenvalue weighted by Crippen LogP contribution is -2.43. The minimum Gasteiger partial charge on any atom is -0.369 e. The van der Waals surface area contributed by atoms with Gasteiger partial charge in [-0.2, -0.15) is 0 Å². The summed E-state index contributed by atoms with van der Waals surface area (Å²) in [6.07, 6.45) is 0. The van der Waals surface area contributed by atoms with Gasteiger partial charge >= 0.3 is 6.03 Å².